The van der Waals surface area contributed by atoms with E-state index >= 15 is 0 Å². The zero-order valence-electron chi connectivity index (χ0n) is 11.7. The maximum absolute atomic E-state index is 13.3. The van der Waals surface area contributed by atoms with Gasteiger partial charge in [0.05, 0.1) is 29.6 Å². The lowest BCUT2D eigenvalue weighted by Gasteiger charge is -2.17. The van der Waals surface area contributed by atoms with Gasteiger partial charge in [-0.3, -0.25) is 20.0 Å². The van der Waals surface area contributed by atoms with E-state index in [4.69, 9.17) is 5.21 Å². The van der Waals surface area contributed by atoms with Crippen LogP contribution in [0.15, 0.2) is 41.3 Å². The molecule has 0 aliphatic rings. The second-order valence-electron chi connectivity index (χ2n) is 4.42. The normalized spacial score (nSPS) is 11.2. The van der Waals surface area contributed by atoms with Gasteiger partial charge in [0.1, 0.15) is 0 Å². The van der Waals surface area contributed by atoms with Crippen LogP contribution in [-0.2, 0) is 10.9 Å². The molecule has 23 heavy (non-hydrogen) atoms. The van der Waals surface area contributed by atoms with Crippen LogP contribution >= 0.6 is 0 Å². The van der Waals surface area contributed by atoms with Crippen LogP contribution in [0.25, 0.3) is 5.69 Å². The molecule has 1 aromatic heterocycles. The van der Waals surface area contributed by atoms with E-state index in [-0.39, 0.29) is 5.56 Å². The minimum atomic E-state index is -4.81. The third-order valence-electron chi connectivity index (χ3n) is 3.05. The number of halogens is 3. The number of rotatable bonds is 3. The van der Waals surface area contributed by atoms with Crippen LogP contribution in [0, 0.1) is 0 Å². The van der Waals surface area contributed by atoms with E-state index in [9.17, 15) is 22.8 Å². The van der Waals surface area contributed by atoms with Crippen molar-refractivity contribution in [2.45, 2.75) is 6.18 Å². The average molecular weight is 328 g/mol. The van der Waals surface area contributed by atoms with Crippen LogP contribution in [0.1, 0.15) is 15.9 Å². The molecule has 0 unspecified atom stereocenters. The molecule has 6 nitrogen and oxygen atoms in total. The smallest absolute Gasteiger partial charge is 0.418 e. The maximum Gasteiger partial charge on any atom is 0.418 e. The second-order valence-corrected chi connectivity index (χ2v) is 4.42. The highest BCUT2D eigenvalue weighted by Gasteiger charge is 2.36. The van der Waals surface area contributed by atoms with Crippen LogP contribution in [0.3, 0.4) is 0 Å². The Hall–Kier alpha value is -2.81. The quantitative estimate of drug-likeness (QED) is 0.668. The fraction of sp³-hybridized carbons (Fsp3) is 0.143. The molecule has 0 bridgehead atoms. The van der Waals surface area contributed by atoms with Gasteiger partial charge in [0.15, 0.2) is 0 Å². The molecular weight excluding hydrogens is 317 g/mol. The number of methoxy groups -OCH3 is 1. The Morgan fingerprint density at radius 2 is 2.00 bits per heavy atom. The maximum atomic E-state index is 13.3. The van der Waals surface area contributed by atoms with Gasteiger partial charge in [-0.05, 0) is 18.2 Å². The predicted molar refractivity (Wildman–Crippen MR) is 73.8 cm³/mol. The molecule has 0 saturated heterocycles. The highest BCUT2D eigenvalue weighted by atomic mass is 19.4. The minimum absolute atomic E-state index is 0.353. The lowest BCUT2D eigenvalue weighted by atomic mass is 10.1. The van der Waals surface area contributed by atoms with Gasteiger partial charge in [0, 0.05) is 12.3 Å². The number of nitrogens with zero attached hydrogens (tertiary/aromatic N) is 1. The number of esters is 1. The van der Waals surface area contributed by atoms with Crippen LogP contribution in [0.4, 0.5) is 18.9 Å². The third kappa shape index (κ3) is 3.19. The summed E-state index contributed by atoms with van der Waals surface area (Å²) in [4.78, 5) is 23.5. The minimum Gasteiger partial charge on any atom is -0.465 e. The summed E-state index contributed by atoms with van der Waals surface area (Å²) < 4.78 is 45.0. The molecule has 1 heterocycles. The molecule has 2 N–H and O–H groups in total. The number of carbonyl (C=O) groups excluding carboxylic acids is 1. The number of pyridine rings is 1. The lowest BCUT2D eigenvalue weighted by molar-refractivity contribution is -0.137. The number of hydrogen-bond acceptors (Lipinski definition) is 5. The summed E-state index contributed by atoms with van der Waals surface area (Å²) in [7, 11) is 1.04. The molecule has 2 aromatic rings. The van der Waals surface area contributed by atoms with Gasteiger partial charge in [-0.2, -0.15) is 13.2 Å². The number of anilines is 1. The number of carbonyl (C=O) groups is 1. The van der Waals surface area contributed by atoms with E-state index in [1.54, 1.807) is 0 Å². The Morgan fingerprint density at radius 1 is 1.30 bits per heavy atom. The Balaban J connectivity index is 2.85. The summed E-state index contributed by atoms with van der Waals surface area (Å²) in [6, 6.07) is 5.18. The number of nitrogens with one attached hydrogen (secondary N) is 1. The molecule has 0 radical (unpaired) electrons. The number of aromatic nitrogens is 1. The van der Waals surface area contributed by atoms with E-state index in [0.29, 0.717) is 6.07 Å². The molecular formula is C14H11F3N2O4. The van der Waals surface area contributed by atoms with Crippen molar-refractivity contribution < 1.29 is 27.9 Å². The SMILES string of the molecule is COC(=O)c1cc(-n2ccccc2=O)c(C(F)(F)F)cc1NO. The summed E-state index contributed by atoms with van der Waals surface area (Å²) in [5.74, 6) is -0.972. The van der Waals surface area contributed by atoms with E-state index < -0.39 is 34.6 Å². The first-order valence-electron chi connectivity index (χ1n) is 6.21. The van der Waals surface area contributed by atoms with Crippen molar-refractivity contribution in [3.8, 4) is 5.69 Å². The number of hydrogen-bond donors (Lipinski definition) is 2. The second kappa shape index (κ2) is 6.13. The zero-order chi connectivity index (χ0) is 17.2. The summed E-state index contributed by atoms with van der Waals surface area (Å²) in [5, 5.41) is 8.98. The number of benzene rings is 1. The Kier molecular flexibility index (Phi) is 4.41. The van der Waals surface area contributed by atoms with Gasteiger partial charge in [0.2, 0.25) is 0 Å². The van der Waals surface area contributed by atoms with E-state index in [2.05, 4.69) is 4.74 Å². The van der Waals surface area contributed by atoms with Crippen molar-refractivity contribution >= 4 is 11.7 Å². The number of alkyl halides is 3. The van der Waals surface area contributed by atoms with Crippen molar-refractivity contribution in [3.05, 3.63) is 58.0 Å². The highest BCUT2D eigenvalue weighted by molar-refractivity contribution is 5.96. The summed E-state index contributed by atoms with van der Waals surface area (Å²) in [6.45, 7) is 0. The van der Waals surface area contributed by atoms with Crippen molar-refractivity contribution in [1.82, 2.24) is 4.57 Å². The van der Waals surface area contributed by atoms with Crippen LogP contribution in [0.2, 0.25) is 0 Å². The van der Waals surface area contributed by atoms with E-state index in [1.165, 1.54) is 17.6 Å². The number of ether oxygens (including phenoxy) is 1. The van der Waals surface area contributed by atoms with Gasteiger partial charge in [-0.1, -0.05) is 6.07 Å². The van der Waals surface area contributed by atoms with E-state index in [0.717, 1.165) is 30.0 Å². The zero-order valence-corrected chi connectivity index (χ0v) is 11.7. The molecule has 0 saturated carbocycles. The fourth-order valence-corrected chi connectivity index (χ4v) is 2.01. The summed E-state index contributed by atoms with van der Waals surface area (Å²) >= 11 is 0. The lowest BCUT2D eigenvalue weighted by Crippen LogP contribution is -2.21. The van der Waals surface area contributed by atoms with Gasteiger partial charge in [0.25, 0.3) is 5.56 Å². The van der Waals surface area contributed by atoms with Gasteiger partial charge < -0.3 is 4.74 Å². The molecule has 0 spiro atoms. The molecule has 1 aromatic carbocycles. The van der Waals surface area contributed by atoms with Gasteiger partial charge >= 0.3 is 12.1 Å². The highest BCUT2D eigenvalue weighted by Crippen LogP contribution is 2.37. The van der Waals surface area contributed by atoms with Crippen LogP contribution < -0.4 is 11.0 Å². The molecule has 0 amide bonds. The Labute approximate surface area is 127 Å². The first-order chi connectivity index (χ1) is 10.8. The standard InChI is InChI=1S/C14H11F3N2O4/c1-23-13(21)8-6-11(19-5-3-2-4-12(19)20)9(14(15,16)17)7-10(8)18-22/h2-7,18,22H,1H3. The molecule has 9 heteroatoms. The summed E-state index contributed by atoms with van der Waals surface area (Å²) in [6.07, 6.45) is -3.68. The van der Waals surface area contributed by atoms with Crippen LogP contribution in [0.5, 0.6) is 0 Å². The molecule has 122 valence electrons. The summed E-state index contributed by atoms with van der Waals surface area (Å²) in [5.41, 5.74) is -1.78. The first-order valence-corrected chi connectivity index (χ1v) is 6.21. The average Bonchev–Trinajstić information content (AvgIpc) is 2.52. The fourth-order valence-electron chi connectivity index (χ4n) is 2.01. The first kappa shape index (κ1) is 16.6. The van der Waals surface area contributed by atoms with Crippen molar-refractivity contribution in [2.24, 2.45) is 0 Å². The molecule has 0 atom stereocenters. The van der Waals surface area contributed by atoms with E-state index in [1.807, 2.05) is 0 Å². The van der Waals surface area contributed by atoms with Crippen molar-refractivity contribution in [3.63, 3.8) is 0 Å². The van der Waals surface area contributed by atoms with Gasteiger partial charge in [-0.15, -0.1) is 0 Å². The molecule has 0 fully saturated rings. The molecule has 2 rings (SSSR count). The van der Waals surface area contributed by atoms with Crippen molar-refractivity contribution in [2.75, 3.05) is 12.6 Å². The monoisotopic (exact) mass is 328 g/mol. The molecule has 0 aliphatic carbocycles. The van der Waals surface area contributed by atoms with Gasteiger partial charge in [-0.25, -0.2) is 4.79 Å². The largest absolute Gasteiger partial charge is 0.465 e. The topological polar surface area (TPSA) is 80.6 Å². The van der Waals surface area contributed by atoms with Crippen LogP contribution in [-0.4, -0.2) is 22.9 Å². The Morgan fingerprint density at radius 3 is 2.52 bits per heavy atom. The third-order valence-corrected chi connectivity index (χ3v) is 3.05. The predicted octanol–water partition coefficient (Wildman–Crippen LogP) is 2.44. The molecule has 0 aliphatic heterocycles. The van der Waals surface area contributed by atoms with Crippen molar-refractivity contribution in [1.29, 1.82) is 0 Å². The Bertz CT molecular complexity index is 799.